The van der Waals surface area contributed by atoms with Gasteiger partial charge in [-0.05, 0) is 23.8 Å². The number of benzene rings is 1. The smallest absolute Gasteiger partial charge is 0.317 e. The minimum Gasteiger partial charge on any atom is -0.480 e. The maximum absolute atomic E-state index is 11.7. The molecule has 0 aromatic heterocycles. The van der Waals surface area contributed by atoms with Crippen molar-refractivity contribution in [3.63, 3.8) is 0 Å². The monoisotopic (exact) mass is 584 g/mol. The summed E-state index contributed by atoms with van der Waals surface area (Å²) in [5.74, 6) is -6.78. The second-order valence-electron chi connectivity index (χ2n) is 9.97. The molecule has 0 spiro atoms. The van der Waals surface area contributed by atoms with Gasteiger partial charge in [-0.2, -0.15) is 0 Å². The molecule has 16 heteroatoms. The molecular formula is C25H36N4O12. The van der Waals surface area contributed by atoms with Gasteiger partial charge in [0.1, 0.15) is 0 Å². The molecule has 0 saturated carbocycles. The molecule has 16 nitrogen and oxygen atoms in total. The maximum atomic E-state index is 11.7. The largest absolute Gasteiger partial charge is 0.480 e. The lowest BCUT2D eigenvalue weighted by molar-refractivity contribution is -0.384. The Morgan fingerprint density at radius 2 is 1.07 bits per heavy atom. The van der Waals surface area contributed by atoms with E-state index in [1.807, 2.05) is 0 Å². The molecule has 1 aromatic carbocycles. The number of non-ortho nitro benzene ring substituents is 1. The molecule has 0 bridgehead atoms. The predicted octanol–water partition coefficient (Wildman–Crippen LogP) is 0.107. The van der Waals surface area contributed by atoms with Gasteiger partial charge < -0.3 is 25.5 Å². The maximum Gasteiger partial charge on any atom is 0.317 e. The van der Waals surface area contributed by atoms with Crippen LogP contribution in [0.3, 0.4) is 0 Å². The average Bonchev–Trinajstić information content (AvgIpc) is 2.81. The molecule has 0 aliphatic rings. The van der Waals surface area contributed by atoms with Crippen molar-refractivity contribution < 1.29 is 54.4 Å². The Kier molecular flexibility index (Phi) is 14.3. The van der Waals surface area contributed by atoms with Crippen LogP contribution in [0.25, 0.3) is 0 Å². The molecule has 0 aliphatic heterocycles. The van der Waals surface area contributed by atoms with E-state index in [0.29, 0.717) is 5.56 Å². The van der Waals surface area contributed by atoms with E-state index in [9.17, 15) is 49.4 Å². The summed E-state index contributed by atoms with van der Waals surface area (Å²) in [4.78, 5) is 71.4. The van der Waals surface area contributed by atoms with E-state index in [0.717, 1.165) is 0 Å². The van der Waals surface area contributed by atoms with Crippen LogP contribution in [0, 0.1) is 22.0 Å². The van der Waals surface area contributed by atoms with Crippen molar-refractivity contribution in [2.24, 2.45) is 11.8 Å². The van der Waals surface area contributed by atoms with Gasteiger partial charge in [-0.15, -0.1) is 0 Å². The van der Waals surface area contributed by atoms with Crippen molar-refractivity contribution >= 4 is 35.5 Å². The standard InChI is InChI=1S/C25H36N4O12/c1-16(17(2)9-27(12-22(32)33)13-23(34)35)8-26(11-21(30)31)10-20(28(14-24(36)37)15-25(38)39)7-18-3-5-19(6-4-18)29(40)41/h3-6,16-17,20H,7-15H2,1-2H3,(H,30,31)(H,32,33)(H,34,35)(H,36,37)(H,38,39). The number of nitro groups is 1. The topological polar surface area (TPSA) is 239 Å². The third-order valence-electron chi connectivity index (χ3n) is 6.42. The van der Waals surface area contributed by atoms with Crippen LogP contribution in [-0.2, 0) is 30.4 Å². The molecule has 5 N–H and O–H groups in total. The number of hydrogen-bond donors (Lipinski definition) is 5. The second kappa shape index (κ2) is 16.8. The molecule has 0 radical (unpaired) electrons. The van der Waals surface area contributed by atoms with Crippen molar-refractivity contribution in [2.75, 3.05) is 52.4 Å². The van der Waals surface area contributed by atoms with E-state index >= 15 is 0 Å². The number of aliphatic carboxylic acids is 5. The summed E-state index contributed by atoms with van der Waals surface area (Å²) in [7, 11) is 0. The predicted molar refractivity (Wildman–Crippen MR) is 142 cm³/mol. The van der Waals surface area contributed by atoms with E-state index in [4.69, 9.17) is 10.2 Å². The Bertz CT molecular complexity index is 1050. The van der Waals surface area contributed by atoms with Gasteiger partial charge in [0.15, 0.2) is 0 Å². The first-order valence-electron chi connectivity index (χ1n) is 12.6. The fraction of sp³-hybridized carbons (Fsp3) is 0.560. The molecule has 228 valence electrons. The lowest BCUT2D eigenvalue weighted by atomic mass is 9.94. The zero-order valence-electron chi connectivity index (χ0n) is 22.8. The zero-order chi connectivity index (χ0) is 31.3. The van der Waals surface area contributed by atoms with Gasteiger partial charge >= 0.3 is 29.8 Å². The first-order chi connectivity index (χ1) is 19.1. The fourth-order valence-corrected chi connectivity index (χ4v) is 4.43. The van der Waals surface area contributed by atoms with Crippen molar-refractivity contribution in [1.29, 1.82) is 0 Å². The van der Waals surface area contributed by atoms with Crippen molar-refractivity contribution in [1.82, 2.24) is 14.7 Å². The third kappa shape index (κ3) is 14.2. The molecule has 1 aromatic rings. The van der Waals surface area contributed by atoms with Gasteiger partial charge in [0, 0.05) is 37.8 Å². The summed E-state index contributed by atoms with van der Waals surface area (Å²) < 4.78 is 0. The molecule has 0 heterocycles. The first kappa shape index (κ1) is 34.9. The number of hydrogen-bond acceptors (Lipinski definition) is 10. The van der Waals surface area contributed by atoms with Crippen LogP contribution < -0.4 is 0 Å². The SMILES string of the molecule is CC(CN(CC(=O)O)CC(=O)O)C(C)CN(CC(=O)O)CC(Cc1ccc([N+](=O)[O-])cc1)N(CC(=O)O)CC(=O)O. The molecule has 3 unspecified atom stereocenters. The van der Waals surface area contributed by atoms with Gasteiger partial charge in [-0.3, -0.25) is 48.8 Å². The van der Waals surface area contributed by atoms with Gasteiger partial charge in [0.2, 0.25) is 0 Å². The molecule has 3 atom stereocenters. The molecule has 0 amide bonds. The van der Waals surface area contributed by atoms with Crippen LogP contribution in [-0.4, -0.2) is 133 Å². The highest BCUT2D eigenvalue weighted by Gasteiger charge is 2.29. The molecule has 41 heavy (non-hydrogen) atoms. The number of carboxylic acid groups (broad SMARTS) is 5. The van der Waals surface area contributed by atoms with Crippen molar-refractivity contribution in [3.8, 4) is 0 Å². The highest BCUT2D eigenvalue weighted by Crippen LogP contribution is 2.19. The molecule has 0 fully saturated rings. The van der Waals surface area contributed by atoms with E-state index in [2.05, 4.69) is 0 Å². The number of nitrogens with zero attached hydrogens (tertiary/aromatic N) is 4. The highest BCUT2D eigenvalue weighted by molar-refractivity contribution is 5.73. The number of nitro benzene ring substituents is 1. The van der Waals surface area contributed by atoms with Crippen molar-refractivity contribution in [2.45, 2.75) is 26.3 Å². The molecular weight excluding hydrogens is 548 g/mol. The van der Waals surface area contributed by atoms with Crippen LogP contribution in [0.1, 0.15) is 19.4 Å². The lowest BCUT2D eigenvalue weighted by Gasteiger charge is -2.36. The summed E-state index contributed by atoms with van der Waals surface area (Å²) in [5, 5.41) is 57.6. The summed E-state index contributed by atoms with van der Waals surface area (Å²) >= 11 is 0. The lowest BCUT2D eigenvalue weighted by Crippen LogP contribution is -2.51. The van der Waals surface area contributed by atoms with Crippen LogP contribution in [0.4, 0.5) is 5.69 Å². The number of carbonyl (C=O) groups is 5. The number of rotatable bonds is 21. The number of carboxylic acids is 5. The summed E-state index contributed by atoms with van der Waals surface area (Å²) in [5.41, 5.74) is 0.365. The van der Waals surface area contributed by atoms with Crippen LogP contribution >= 0.6 is 0 Å². The zero-order valence-corrected chi connectivity index (χ0v) is 22.8. The normalized spacial score (nSPS) is 13.6. The first-order valence-corrected chi connectivity index (χ1v) is 12.6. The van der Waals surface area contributed by atoms with Gasteiger partial charge in [-0.1, -0.05) is 26.0 Å². The van der Waals surface area contributed by atoms with E-state index < -0.39 is 73.5 Å². The van der Waals surface area contributed by atoms with Gasteiger partial charge in [0.25, 0.3) is 5.69 Å². The van der Waals surface area contributed by atoms with Gasteiger partial charge in [0.05, 0.1) is 37.6 Å². The molecule has 0 aliphatic carbocycles. The average molecular weight is 585 g/mol. The molecule has 0 saturated heterocycles. The second-order valence-corrected chi connectivity index (χ2v) is 9.97. The van der Waals surface area contributed by atoms with E-state index in [1.165, 1.54) is 39.0 Å². The van der Waals surface area contributed by atoms with Crippen LogP contribution in [0.15, 0.2) is 24.3 Å². The van der Waals surface area contributed by atoms with Gasteiger partial charge in [-0.25, -0.2) is 0 Å². The minimum absolute atomic E-state index is 0.0591. The Morgan fingerprint density at radius 3 is 1.46 bits per heavy atom. The van der Waals surface area contributed by atoms with E-state index in [-0.39, 0.29) is 43.6 Å². The Labute approximate surface area is 235 Å². The Morgan fingerprint density at radius 1 is 0.683 bits per heavy atom. The van der Waals surface area contributed by atoms with Crippen LogP contribution in [0.2, 0.25) is 0 Å². The summed E-state index contributed by atoms with van der Waals surface area (Å²) in [6, 6.07) is 4.60. The molecule has 1 rings (SSSR count). The Balaban J connectivity index is 3.24. The van der Waals surface area contributed by atoms with Crippen LogP contribution in [0.5, 0.6) is 0 Å². The highest BCUT2D eigenvalue weighted by atomic mass is 16.6. The Hall–Kier alpha value is -4.15. The summed E-state index contributed by atoms with van der Waals surface area (Å²) in [6.07, 6.45) is 0.0591. The van der Waals surface area contributed by atoms with E-state index in [1.54, 1.807) is 13.8 Å². The minimum atomic E-state index is -1.30. The fourth-order valence-electron chi connectivity index (χ4n) is 4.43. The summed E-state index contributed by atoms with van der Waals surface area (Å²) in [6.45, 7) is 0.893. The van der Waals surface area contributed by atoms with Crippen molar-refractivity contribution in [3.05, 3.63) is 39.9 Å². The quantitative estimate of drug-likeness (QED) is 0.0951. The third-order valence-corrected chi connectivity index (χ3v) is 6.42.